The monoisotopic (exact) mass is 296 g/mol. The van der Waals surface area contributed by atoms with Gasteiger partial charge in [-0.05, 0) is 12.1 Å². The van der Waals surface area contributed by atoms with E-state index in [-0.39, 0.29) is 12.8 Å². The first-order valence-electron chi connectivity index (χ1n) is 6.65. The van der Waals surface area contributed by atoms with Gasteiger partial charge in [-0.3, -0.25) is 9.59 Å². The van der Waals surface area contributed by atoms with Crippen LogP contribution in [0.4, 0.5) is 0 Å². The predicted octanol–water partition coefficient (Wildman–Crippen LogP) is 2.04. The molecule has 0 aliphatic carbocycles. The number of nitrogens with zero attached hydrogens (tertiary/aromatic N) is 2. The summed E-state index contributed by atoms with van der Waals surface area (Å²) in [7, 11) is 0. The molecule has 1 aromatic carbocycles. The van der Waals surface area contributed by atoms with E-state index in [1.807, 2.05) is 12.1 Å². The lowest BCUT2D eigenvalue weighted by molar-refractivity contribution is -0.137. The zero-order chi connectivity index (χ0) is 15.7. The molecule has 0 aliphatic heterocycles. The third-order valence-electron chi connectivity index (χ3n) is 3.30. The molecule has 0 spiro atoms. The van der Waals surface area contributed by atoms with E-state index in [4.69, 9.17) is 10.2 Å². The van der Waals surface area contributed by atoms with E-state index in [0.717, 1.165) is 10.8 Å². The van der Waals surface area contributed by atoms with Gasteiger partial charge in [0.25, 0.3) is 0 Å². The summed E-state index contributed by atoms with van der Waals surface area (Å²) in [5.74, 6) is -1.90. The Bertz CT molecular complexity index is 830. The Labute approximate surface area is 125 Å². The second kappa shape index (κ2) is 5.40. The summed E-state index contributed by atoms with van der Waals surface area (Å²) < 4.78 is 0. The van der Waals surface area contributed by atoms with Crippen LogP contribution in [0.3, 0.4) is 0 Å². The van der Waals surface area contributed by atoms with Gasteiger partial charge < -0.3 is 10.2 Å². The maximum Gasteiger partial charge on any atom is 0.309 e. The Morgan fingerprint density at radius 3 is 1.45 bits per heavy atom. The molecule has 6 heteroatoms. The predicted molar refractivity (Wildman–Crippen MR) is 79.7 cm³/mol. The molecule has 0 atom stereocenters. The van der Waals surface area contributed by atoms with Crippen molar-refractivity contribution < 1.29 is 19.8 Å². The largest absolute Gasteiger partial charge is 0.481 e. The van der Waals surface area contributed by atoms with E-state index in [1.165, 1.54) is 0 Å². The number of benzene rings is 1. The Hall–Kier alpha value is -3.02. The molecule has 3 aromatic rings. The standard InChI is InChI=1S/C16H12N2O4/c19-13(20)7-11-5-3-9-1-2-10-4-6-12(8-14(21)22)18-16(10)15(9)17-11/h1-6H,7-8H2,(H,19,20)(H,21,22). The average Bonchev–Trinajstić information content (AvgIpc) is 2.46. The highest BCUT2D eigenvalue weighted by Crippen LogP contribution is 2.23. The normalized spacial score (nSPS) is 10.9. The summed E-state index contributed by atoms with van der Waals surface area (Å²) in [6.45, 7) is 0. The molecular weight excluding hydrogens is 284 g/mol. The van der Waals surface area contributed by atoms with E-state index in [1.54, 1.807) is 24.3 Å². The van der Waals surface area contributed by atoms with Gasteiger partial charge in [0.2, 0.25) is 0 Å². The number of aromatic nitrogens is 2. The van der Waals surface area contributed by atoms with Crippen LogP contribution in [-0.4, -0.2) is 32.1 Å². The first-order chi connectivity index (χ1) is 10.5. The van der Waals surface area contributed by atoms with Crippen LogP contribution in [0, 0.1) is 0 Å². The number of carboxylic acids is 2. The fourth-order valence-electron chi connectivity index (χ4n) is 2.36. The van der Waals surface area contributed by atoms with E-state index >= 15 is 0 Å². The van der Waals surface area contributed by atoms with Gasteiger partial charge in [0, 0.05) is 10.8 Å². The fourth-order valence-corrected chi connectivity index (χ4v) is 2.36. The molecule has 2 heterocycles. The first kappa shape index (κ1) is 13.9. The molecule has 2 N–H and O–H groups in total. The van der Waals surface area contributed by atoms with Crippen molar-refractivity contribution in [2.24, 2.45) is 0 Å². The van der Waals surface area contributed by atoms with Crippen LogP contribution in [0.15, 0.2) is 36.4 Å². The highest BCUT2D eigenvalue weighted by atomic mass is 16.4. The van der Waals surface area contributed by atoms with Crippen LogP contribution in [0.1, 0.15) is 11.4 Å². The van der Waals surface area contributed by atoms with Gasteiger partial charge in [0.05, 0.1) is 35.3 Å². The number of fused-ring (bicyclic) bond motifs is 3. The number of pyridine rings is 2. The number of carboxylic acid groups (broad SMARTS) is 2. The zero-order valence-corrected chi connectivity index (χ0v) is 11.5. The van der Waals surface area contributed by atoms with Crippen LogP contribution >= 0.6 is 0 Å². The van der Waals surface area contributed by atoms with Gasteiger partial charge in [-0.1, -0.05) is 24.3 Å². The molecule has 0 amide bonds. The van der Waals surface area contributed by atoms with E-state index < -0.39 is 11.9 Å². The van der Waals surface area contributed by atoms with Gasteiger partial charge in [-0.25, -0.2) is 9.97 Å². The molecule has 0 saturated carbocycles. The van der Waals surface area contributed by atoms with Gasteiger partial charge in [0.1, 0.15) is 0 Å². The first-order valence-corrected chi connectivity index (χ1v) is 6.65. The van der Waals surface area contributed by atoms with Gasteiger partial charge in [0.15, 0.2) is 0 Å². The van der Waals surface area contributed by atoms with Crippen molar-refractivity contribution in [2.75, 3.05) is 0 Å². The summed E-state index contributed by atoms with van der Waals surface area (Å²) in [4.78, 5) is 30.4. The zero-order valence-electron chi connectivity index (χ0n) is 11.5. The second-order valence-corrected chi connectivity index (χ2v) is 4.96. The summed E-state index contributed by atoms with van der Waals surface area (Å²) in [6, 6.07) is 10.7. The maximum absolute atomic E-state index is 10.8. The molecule has 0 radical (unpaired) electrons. The molecule has 22 heavy (non-hydrogen) atoms. The lowest BCUT2D eigenvalue weighted by atomic mass is 10.1. The Balaban J connectivity index is 2.21. The van der Waals surface area contributed by atoms with Crippen LogP contribution in [0.25, 0.3) is 21.8 Å². The number of carbonyl (C=O) groups is 2. The van der Waals surface area contributed by atoms with Crippen LogP contribution in [0.5, 0.6) is 0 Å². The van der Waals surface area contributed by atoms with E-state index in [2.05, 4.69) is 9.97 Å². The average molecular weight is 296 g/mol. The molecular formula is C16H12N2O4. The van der Waals surface area contributed by atoms with Crippen molar-refractivity contribution in [3.8, 4) is 0 Å². The molecule has 6 nitrogen and oxygen atoms in total. The summed E-state index contributed by atoms with van der Waals surface area (Å²) in [5, 5.41) is 19.4. The van der Waals surface area contributed by atoms with Crippen molar-refractivity contribution in [3.05, 3.63) is 47.8 Å². The molecule has 0 bridgehead atoms. The third kappa shape index (κ3) is 2.71. The minimum Gasteiger partial charge on any atom is -0.481 e. The van der Waals surface area contributed by atoms with Crippen molar-refractivity contribution in [3.63, 3.8) is 0 Å². The van der Waals surface area contributed by atoms with Crippen LogP contribution in [-0.2, 0) is 22.4 Å². The highest BCUT2D eigenvalue weighted by molar-refractivity contribution is 6.02. The quantitative estimate of drug-likeness (QED) is 0.714. The van der Waals surface area contributed by atoms with E-state index in [0.29, 0.717) is 22.4 Å². The minimum absolute atomic E-state index is 0.166. The molecule has 0 aliphatic rings. The molecule has 0 saturated heterocycles. The smallest absolute Gasteiger partial charge is 0.309 e. The summed E-state index contributed by atoms with van der Waals surface area (Å²) in [5.41, 5.74) is 2.06. The second-order valence-electron chi connectivity index (χ2n) is 4.96. The number of hydrogen-bond donors (Lipinski definition) is 2. The Morgan fingerprint density at radius 1 is 0.727 bits per heavy atom. The van der Waals surface area contributed by atoms with Gasteiger partial charge in [-0.2, -0.15) is 0 Å². The van der Waals surface area contributed by atoms with Gasteiger partial charge >= 0.3 is 11.9 Å². The maximum atomic E-state index is 10.8. The lowest BCUT2D eigenvalue weighted by Crippen LogP contribution is -2.04. The number of hydrogen-bond acceptors (Lipinski definition) is 4. The Morgan fingerprint density at radius 2 is 1.09 bits per heavy atom. The van der Waals surface area contributed by atoms with Crippen molar-refractivity contribution in [1.29, 1.82) is 0 Å². The Kier molecular flexibility index (Phi) is 3.42. The molecule has 2 aromatic heterocycles. The molecule has 110 valence electrons. The molecule has 0 unspecified atom stereocenters. The van der Waals surface area contributed by atoms with Crippen molar-refractivity contribution in [1.82, 2.24) is 9.97 Å². The molecule has 0 fully saturated rings. The van der Waals surface area contributed by atoms with Gasteiger partial charge in [-0.15, -0.1) is 0 Å². The minimum atomic E-state index is -0.952. The number of aliphatic carboxylic acids is 2. The fraction of sp³-hybridized carbons (Fsp3) is 0.125. The van der Waals surface area contributed by atoms with E-state index in [9.17, 15) is 9.59 Å². The number of rotatable bonds is 4. The van der Waals surface area contributed by atoms with Crippen LogP contribution < -0.4 is 0 Å². The molecule has 3 rings (SSSR count). The highest BCUT2D eigenvalue weighted by Gasteiger charge is 2.09. The lowest BCUT2D eigenvalue weighted by Gasteiger charge is -2.06. The van der Waals surface area contributed by atoms with Crippen LogP contribution in [0.2, 0.25) is 0 Å². The van der Waals surface area contributed by atoms with Crippen molar-refractivity contribution >= 4 is 33.7 Å². The summed E-state index contributed by atoms with van der Waals surface area (Å²) in [6.07, 6.45) is -0.331. The van der Waals surface area contributed by atoms with Crippen molar-refractivity contribution in [2.45, 2.75) is 12.8 Å². The summed E-state index contributed by atoms with van der Waals surface area (Å²) >= 11 is 0. The third-order valence-corrected chi connectivity index (χ3v) is 3.30. The topological polar surface area (TPSA) is 100 Å². The SMILES string of the molecule is O=C(O)Cc1ccc2ccc3ccc(CC(=O)O)nc3c2n1.